The predicted octanol–water partition coefficient (Wildman–Crippen LogP) is 6.87. The summed E-state index contributed by atoms with van der Waals surface area (Å²) in [5, 5.41) is 9.15. The van der Waals surface area contributed by atoms with E-state index >= 15 is 0 Å². The maximum atomic E-state index is 6.25. The summed E-state index contributed by atoms with van der Waals surface area (Å²) in [4.78, 5) is 3.54. The van der Waals surface area contributed by atoms with Gasteiger partial charge >= 0.3 is 0 Å². The van der Waals surface area contributed by atoms with E-state index in [1.165, 1.54) is 21.5 Å². The van der Waals surface area contributed by atoms with Crippen LogP contribution in [-0.4, -0.2) is 4.98 Å². The molecule has 4 aromatic carbocycles. The third-order valence-electron chi connectivity index (χ3n) is 4.64. The molecule has 2 N–H and O–H groups in total. The van der Waals surface area contributed by atoms with Gasteiger partial charge in [0, 0.05) is 27.5 Å². The topological polar surface area (TPSA) is 27.8 Å². The molecule has 3 heteroatoms. The van der Waals surface area contributed by atoms with Crippen LogP contribution in [0.4, 0.5) is 11.4 Å². The highest BCUT2D eigenvalue weighted by Gasteiger charge is 2.09. The second-order valence-electron chi connectivity index (χ2n) is 6.20. The molecule has 0 radical (unpaired) electrons. The van der Waals surface area contributed by atoms with Crippen LogP contribution in [0.2, 0.25) is 5.02 Å². The van der Waals surface area contributed by atoms with Crippen molar-refractivity contribution in [2.24, 2.45) is 0 Å². The molecule has 0 atom stereocenters. The lowest BCUT2D eigenvalue weighted by Crippen LogP contribution is -1.90. The number of fused-ring (bicyclic) bond motifs is 5. The van der Waals surface area contributed by atoms with E-state index in [1.54, 1.807) is 0 Å². The first-order valence-corrected chi connectivity index (χ1v) is 8.62. The van der Waals surface area contributed by atoms with Crippen molar-refractivity contribution in [3.63, 3.8) is 0 Å². The average molecular weight is 343 g/mol. The summed E-state index contributed by atoms with van der Waals surface area (Å²) in [6, 6.07) is 27.0. The molecule has 0 aliphatic rings. The number of aromatic amines is 1. The van der Waals surface area contributed by atoms with Gasteiger partial charge in [-0.05, 0) is 41.1 Å². The Hall–Kier alpha value is -2.97. The van der Waals surface area contributed by atoms with Gasteiger partial charge in [0.05, 0.1) is 10.7 Å². The Morgan fingerprint density at radius 1 is 0.720 bits per heavy atom. The van der Waals surface area contributed by atoms with E-state index in [0.29, 0.717) is 5.02 Å². The Morgan fingerprint density at radius 2 is 1.56 bits per heavy atom. The smallest absolute Gasteiger partial charge is 0.0640 e. The highest BCUT2D eigenvalue weighted by molar-refractivity contribution is 6.33. The molecule has 0 saturated carbocycles. The second-order valence-corrected chi connectivity index (χ2v) is 6.61. The number of benzene rings is 4. The monoisotopic (exact) mass is 342 g/mol. The van der Waals surface area contributed by atoms with Gasteiger partial charge in [-0.2, -0.15) is 0 Å². The Bertz CT molecular complexity index is 1240. The molecule has 2 nitrogen and oxygen atoms in total. The zero-order valence-electron chi connectivity index (χ0n) is 13.4. The minimum absolute atomic E-state index is 0.713. The molecule has 0 saturated heterocycles. The van der Waals surface area contributed by atoms with E-state index in [1.807, 2.05) is 24.3 Å². The first-order chi connectivity index (χ1) is 12.3. The summed E-state index contributed by atoms with van der Waals surface area (Å²) in [5.74, 6) is 0. The lowest BCUT2D eigenvalue weighted by atomic mass is 10.0. The van der Waals surface area contributed by atoms with Gasteiger partial charge in [-0.25, -0.2) is 0 Å². The van der Waals surface area contributed by atoms with E-state index in [2.05, 4.69) is 64.9 Å². The molecule has 0 unspecified atom stereocenters. The van der Waals surface area contributed by atoms with Crippen LogP contribution >= 0.6 is 11.6 Å². The highest BCUT2D eigenvalue weighted by Crippen LogP contribution is 2.34. The number of aromatic nitrogens is 1. The second kappa shape index (κ2) is 5.54. The summed E-state index contributed by atoms with van der Waals surface area (Å²) in [6.07, 6.45) is 0. The molecule has 25 heavy (non-hydrogen) atoms. The van der Waals surface area contributed by atoms with Crippen LogP contribution in [0.5, 0.6) is 0 Å². The minimum Gasteiger partial charge on any atom is -0.354 e. The van der Waals surface area contributed by atoms with E-state index < -0.39 is 0 Å². The lowest BCUT2D eigenvalue weighted by molar-refractivity contribution is 1.52. The summed E-state index contributed by atoms with van der Waals surface area (Å²) < 4.78 is 0. The third-order valence-corrected chi connectivity index (χ3v) is 4.97. The zero-order valence-corrected chi connectivity index (χ0v) is 14.1. The normalized spacial score (nSPS) is 11.4. The van der Waals surface area contributed by atoms with Crippen LogP contribution in [0.25, 0.3) is 32.6 Å². The van der Waals surface area contributed by atoms with Gasteiger partial charge in [0.25, 0.3) is 0 Å². The fraction of sp³-hybridized carbons (Fsp3) is 0. The molecule has 0 bridgehead atoms. The van der Waals surface area contributed by atoms with Gasteiger partial charge in [-0.1, -0.05) is 60.1 Å². The van der Waals surface area contributed by atoms with Crippen LogP contribution in [0, 0.1) is 0 Å². The zero-order chi connectivity index (χ0) is 16.8. The average Bonchev–Trinajstić information content (AvgIpc) is 3.02. The Morgan fingerprint density at radius 3 is 2.48 bits per heavy atom. The van der Waals surface area contributed by atoms with Crippen molar-refractivity contribution in [2.75, 3.05) is 5.32 Å². The van der Waals surface area contributed by atoms with Crippen molar-refractivity contribution in [3.8, 4) is 0 Å². The van der Waals surface area contributed by atoms with Gasteiger partial charge in [0.1, 0.15) is 0 Å². The summed E-state index contributed by atoms with van der Waals surface area (Å²) in [6.45, 7) is 0. The number of halogens is 1. The number of nitrogens with one attached hydrogen (secondary N) is 2. The summed E-state index contributed by atoms with van der Waals surface area (Å²) >= 11 is 6.25. The molecule has 0 aliphatic carbocycles. The van der Waals surface area contributed by atoms with Gasteiger partial charge in [0.2, 0.25) is 0 Å². The number of hydrogen-bond donors (Lipinski definition) is 2. The fourth-order valence-corrected chi connectivity index (χ4v) is 3.66. The van der Waals surface area contributed by atoms with E-state index in [0.717, 1.165) is 22.4 Å². The molecule has 0 amide bonds. The summed E-state index contributed by atoms with van der Waals surface area (Å²) in [5.41, 5.74) is 4.19. The van der Waals surface area contributed by atoms with Crippen LogP contribution in [0.1, 0.15) is 0 Å². The van der Waals surface area contributed by atoms with Gasteiger partial charge in [-0.15, -0.1) is 0 Å². The molecule has 1 aromatic heterocycles. The standard InChI is InChI=1S/C22H15ClN2/c23-18-7-3-4-8-19(18)24-15-10-11-17-21(13-15)25-20-12-9-14-5-1-2-6-16(14)22(17)20/h1-13,24-25H. The molecule has 5 rings (SSSR count). The van der Waals surface area contributed by atoms with E-state index in [4.69, 9.17) is 11.6 Å². The molecule has 0 spiro atoms. The highest BCUT2D eigenvalue weighted by atomic mass is 35.5. The maximum Gasteiger partial charge on any atom is 0.0640 e. The van der Waals surface area contributed by atoms with Crippen molar-refractivity contribution in [2.45, 2.75) is 0 Å². The predicted molar refractivity (Wildman–Crippen MR) is 108 cm³/mol. The van der Waals surface area contributed by atoms with Crippen molar-refractivity contribution in [1.82, 2.24) is 4.98 Å². The quantitative estimate of drug-likeness (QED) is 0.360. The molecular formula is C22H15ClN2. The van der Waals surface area contributed by atoms with E-state index in [9.17, 15) is 0 Å². The number of rotatable bonds is 2. The lowest BCUT2D eigenvalue weighted by Gasteiger charge is -2.08. The molecule has 120 valence electrons. The van der Waals surface area contributed by atoms with E-state index in [-0.39, 0.29) is 0 Å². The number of hydrogen-bond acceptors (Lipinski definition) is 1. The van der Waals surface area contributed by atoms with Gasteiger partial charge < -0.3 is 10.3 Å². The Kier molecular flexibility index (Phi) is 3.19. The van der Waals surface area contributed by atoms with Crippen LogP contribution in [0.15, 0.2) is 78.9 Å². The fourth-order valence-electron chi connectivity index (χ4n) is 3.47. The molecule has 0 aliphatic heterocycles. The SMILES string of the molecule is Clc1ccccc1Nc1ccc2c(c1)[nH]c1ccc3ccccc3c12. The van der Waals surface area contributed by atoms with Crippen molar-refractivity contribution >= 4 is 55.6 Å². The first kappa shape index (κ1) is 14.4. The molecular weight excluding hydrogens is 328 g/mol. The van der Waals surface area contributed by atoms with Gasteiger partial charge in [-0.3, -0.25) is 0 Å². The largest absolute Gasteiger partial charge is 0.354 e. The van der Waals surface area contributed by atoms with Crippen LogP contribution in [-0.2, 0) is 0 Å². The number of anilines is 2. The molecule has 0 fully saturated rings. The molecule has 5 aromatic rings. The minimum atomic E-state index is 0.713. The Labute approximate surface area is 150 Å². The maximum absolute atomic E-state index is 6.25. The van der Waals surface area contributed by atoms with Crippen molar-refractivity contribution in [1.29, 1.82) is 0 Å². The third kappa shape index (κ3) is 2.34. The number of H-pyrrole nitrogens is 1. The molecule has 1 heterocycles. The Balaban J connectivity index is 1.69. The van der Waals surface area contributed by atoms with Crippen LogP contribution < -0.4 is 5.32 Å². The van der Waals surface area contributed by atoms with Crippen LogP contribution in [0.3, 0.4) is 0 Å². The first-order valence-electron chi connectivity index (χ1n) is 8.24. The van der Waals surface area contributed by atoms with Crippen molar-refractivity contribution < 1.29 is 0 Å². The number of para-hydroxylation sites is 1. The van der Waals surface area contributed by atoms with Crippen molar-refractivity contribution in [3.05, 3.63) is 83.9 Å². The summed E-state index contributed by atoms with van der Waals surface area (Å²) in [7, 11) is 0. The van der Waals surface area contributed by atoms with Gasteiger partial charge in [0.15, 0.2) is 0 Å².